The second-order valence-corrected chi connectivity index (χ2v) is 5.54. The molecule has 1 amide bonds. The number of unbranched alkanes of at least 4 members (excludes halogenated alkanes) is 1. The highest BCUT2D eigenvalue weighted by molar-refractivity contribution is 7.98. The number of aryl methyl sites for hydroxylation is 1. The quantitative estimate of drug-likeness (QED) is 0.710. The molecule has 0 aliphatic carbocycles. The van der Waals surface area contributed by atoms with Crippen LogP contribution in [0.3, 0.4) is 0 Å². The first kappa shape index (κ1) is 15.9. The highest BCUT2D eigenvalue weighted by Crippen LogP contribution is 2.20. The number of nitrogens with one attached hydrogen (secondary N) is 2. The number of thioether (sulfide) groups is 1. The molecule has 106 valence electrons. The van der Waals surface area contributed by atoms with E-state index >= 15 is 0 Å². The minimum absolute atomic E-state index is 0.0507. The van der Waals surface area contributed by atoms with Crippen LogP contribution in [0.4, 0.5) is 11.4 Å². The van der Waals surface area contributed by atoms with Crippen LogP contribution < -0.4 is 10.6 Å². The van der Waals surface area contributed by atoms with Crippen LogP contribution in [0.15, 0.2) is 18.2 Å². The predicted octanol–water partition coefficient (Wildman–Crippen LogP) is 3.90. The fourth-order valence-corrected chi connectivity index (χ4v) is 2.23. The molecule has 3 nitrogen and oxygen atoms in total. The molecule has 0 aliphatic rings. The number of carbonyl (C=O) groups is 1. The van der Waals surface area contributed by atoms with Crippen molar-refractivity contribution < 1.29 is 4.79 Å². The van der Waals surface area contributed by atoms with Crippen molar-refractivity contribution in [2.75, 3.05) is 29.2 Å². The molecule has 0 radical (unpaired) electrons. The summed E-state index contributed by atoms with van der Waals surface area (Å²) in [5, 5.41) is 6.33. The zero-order valence-electron chi connectivity index (χ0n) is 12.1. The van der Waals surface area contributed by atoms with Gasteiger partial charge in [0.05, 0.1) is 0 Å². The molecule has 0 heterocycles. The van der Waals surface area contributed by atoms with Gasteiger partial charge in [-0.3, -0.25) is 4.79 Å². The van der Waals surface area contributed by atoms with E-state index in [2.05, 4.69) is 23.8 Å². The number of amides is 1. The lowest BCUT2D eigenvalue weighted by Gasteiger charge is -2.12. The second kappa shape index (κ2) is 8.86. The second-order valence-electron chi connectivity index (χ2n) is 4.56. The van der Waals surface area contributed by atoms with Crippen molar-refractivity contribution in [2.45, 2.75) is 33.1 Å². The first-order chi connectivity index (χ1) is 9.17. The van der Waals surface area contributed by atoms with Crippen molar-refractivity contribution in [1.29, 1.82) is 0 Å². The Bertz CT molecular complexity index is 407. The molecule has 0 saturated carbocycles. The largest absolute Gasteiger partial charge is 0.385 e. The number of hydrogen-bond donors (Lipinski definition) is 2. The molecule has 0 aromatic heterocycles. The average Bonchev–Trinajstić information content (AvgIpc) is 2.41. The molecular formula is C15H24N2OS. The lowest BCUT2D eigenvalue weighted by atomic mass is 10.1. The summed E-state index contributed by atoms with van der Waals surface area (Å²) in [7, 11) is 0. The van der Waals surface area contributed by atoms with Crippen molar-refractivity contribution in [2.24, 2.45) is 0 Å². The van der Waals surface area contributed by atoms with E-state index in [0.29, 0.717) is 6.42 Å². The molecule has 0 unspecified atom stereocenters. The van der Waals surface area contributed by atoms with E-state index in [0.717, 1.165) is 17.9 Å². The molecule has 0 spiro atoms. The molecule has 4 heteroatoms. The third-order valence-corrected chi connectivity index (χ3v) is 3.63. The van der Waals surface area contributed by atoms with Gasteiger partial charge in [-0.25, -0.2) is 0 Å². The van der Waals surface area contributed by atoms with E-state index in [1.54, 1.807) is 0 Å². The van der Waals surface area contributed by atoms with Crippen LogP contribution in [-0.4, -0.2) is 24.5 Å². The van der Waals surface area contributed by atoms with Crippen molar-refractivity contribution in [3.8, 4) is 0 Å². The van der Waals surface area contributed by atoms with Gasteiger partial charge in [0.25, 0.3) is 0 Å². The Labute approximate surface area is 120 Å². The van der Waals surface area contributed by atoms with Crippen molar-refractivity contribution in [1.82, 2.24) is 0 Å². The molecule has 1 aromatic rings. The van der Waals surface area contributed by atoms with Crippen molar-refractivity contribution in [3.05, 3.63) is 23.8 Å². The summed E-state index contributed by atoms with van der Waals surface area (Å²) in [6.45, 7) is 4.91. The summed E-state index contributed by atoms with van der Waals surface area (Å²) in [5.41, 5.74) is 3.18. The summed E-state index contributed by atoms with van der Waals surface area (Å²) in [4.78, 5) is 11.4. The van der Waals surface area contributed by atoms with E-state index in [9.17, 15) is 4.79 Å². The van der Waals surface area contributed by atoms with E-state index < -0.39 is 0 Å². The molecule has 0 fully saturated rings. The van der Waals surface area contributed by atoms with Crippen LogP contribution in [0.2, 0.25) is 0 Å². The minimum atomic E-state index is 0.0507. The first-order valence-electron chi connectivity index (χ1n) is 6.80. The monoisotopic (exact) mass is 280 g/mol. The molecule has 2 N–H and O–H groups in total. The Morgan fingerprint density at radius 1 is 1.32 bits per heavy atom. The Kier molecular flexibility index (Phi) is 7.41. The first-order valence-corrected chi connectivity index (χ1v) is 8.20. The number of carbonyl (C=O) groups excluding carboxylic acids is 1. The lowest BCUT2D eigenvalue weighted by molar-refractivity contribution is -0.115. The lowest BCUT2D eigenvalue weighted by Crippen LogP contribution is -2.10. The Morgan fingerprint density at radius 2 is 2.11 bits per heavy atom. The summed E-state index contributed by atoms with van der Waals surface area (Å²) in [5.74, 6) is 1.27. The van der Waals surface area contributed by atoms with E-state index in [-0.39, 0.29) is 5.91 Å². The highest BCUT2D eigenvalue weighted by atomic mass is 32.2. The predicted molar refractivity (Wildman–Crippen MR) is 86.2 cm³/mol. The minimum Gasteiger partial charge on any atom is -0.385 e. The zero-order chi connectivity index (χ0) is 14.1. The van der Waals surface area contributed by atoms with Gasteiger partial charge in [0.2, 0.25) is 5.91 Å². The zero-order valence-corrected chi connectivity index (χ0v) is 12.9. The molecule has 0 bridgehead atoms. The van der Waals surface area contributed by atoms with E-state index in [4.69, 9.17) is 0 Å². The van der Waals surface area contributed by atoms with Gasteiger partial charge in [-0.1, -0.05) is 13.0 Å². The van der Waals surface area contributed by atoms with Gasteiger partial charge < -0.3 is 10.6 Å². The number of hydrogen-bond acceptors (Lipinski definition) is 3. The number of rotatable bonds is 8. The van der Waals surface area contributed by atoms with Gasteiger partial charge >= 0.3 is 0 Å². The van der Waals surface area contributed by atoms with Gasteiger partial charge in [0.15, 0.2) is 0 Å². The fourth-order valence-electron chi connectivity index (χ4n) is 1.73. The molecule has 0 saturated heterocycles. The van der Waals surface area contributed by atoms with Gasteiger partial charge in [0.1, 0.15) is 0 Å². The maximum atomic E-state index is 11.4. The fraction of sp³-hybridized carbons (Fsp3) is 0.533. The summed E-state index contributed by atoms with van der Waals surface area (Å²) in [6, 6.07) is 5.99. The maximum Gasteiger partial charge on any atom is 0.224 e. The summed E-state index contributed by atoms with van der Waals surface area (Å²) in [6.07, 6.45) is 5.05. The number of anilines is 2. The molecule has 0 atom stereocenters. The van der Waals surface area contributed by atoms with Gasteiger partial charge in [0, 0.05) is 24.3 Å². The molecule has 1 rings (SSSR count). The Morgan fingerprint density at radius 3 is 2.79 bits per heavy atom. The summed E-state index contributed by atoms with van der Waals surface area (Å²) >= 11 is 1.89. The normalized spacial score (nSPS) is 10.3. The van der Waals surface area contributed by atoms with Crippen molar-refractivity contribution >= 4 is 29.0 Å². The molecular weight excluding hydrogens is 256 g/mol. The smallest absolute Gasteiger partial charge is 0.224 e. The summed E-state index contributed by atoms with van der Waals surface area (Å²) < 4.78 is 0. The standard InChI is InChI=1S/C15H24N2OS/c1-4-15(18)17-13-8-7-12(2)14(11-13)16-9-5-6-10-19-3/h7-8,11,16H,4-6,9-10H2,1-3H3,(H,17,18). The van der Waals surface area contributed by atoms with Gasteiger partial charge in [-0.05, 0) is 49.5 Å². The molecule has 0 aliphatic heterocycles. The van der Waals surface area contributed by atoms with Crippen molar-refractivity contribution in [3.63, 3.8) is 0 Å². The number of benzene rings is 1. The van der Waals surface area contributed by atoms with Crippen LogP contribution in [0.1, 0.15) is 31.7 Å². The van der Waals surface area contributed by atoms with Gasteiger partial charge in [-0.2, -0.15) is 11.8 Å². The van der Waals surface area contributed by atoms with Crippen LogP contribution in [0.25, 0.3) is 0 Å². The van der Waals surface area contributed by atoms with Gasteiger partial charge in [-0.15, -0.1) is 0 Å². The molecule has 1 aromatic carbocycles. The SMILES string of the molecule is CCC(=O)Nc1ccc(C)c(NCCCCSC)c1. The van der Waals surface area contributed by atoms with E-state index in [1.807, 2.05) is 36.9 Å². The average molecular weight is 280 g/mol. The third-order valence-electron chi connectivity index (χ3n) is 2.93. The Balaban J connectivity index is 2.51. The highest BCUT2D eigenvalue weighted by Gasteiger charge is 2.02. The maximum absolute atomic E-state index is 11.4. The van der Waals surface area contributed by atoms with Crippen LogP contribution >= 0.6 is 11.8 Å². The van der Waals surface area contributed by atoms with E-state index in [1.165, 1.54) is 24.2 Å². The van der Waals surface area contributed by atoms with Crippen LogP contribution in [0, 0.1) is 6.92 Å². The topological polar surface area (TPSA) is 41.1 Å². The van der Waals surface area contributed by atoms with Crippen LogP contribution in [-0.2, 0) is 4.79 Å². The Hall–Kier alpha value is -1.16. The third kappa shape index (κ3) is 6.01. The van der Waals surface area contributed by atoms with Crippen LogP contribution in [0.5, 0.6) is 0 Å². The molecule has 19 heavy (non-hydrogen) atoms.